The van der Waals surface area contributed by atoms with Crippen LogP contribution in [0.4, 0.5) is 0 Å². The van der Waals surface area contributed by atoms with Crippen LogP contribution in [0.2, 0.25) is 0 Å². The summed E-state index contributed by atoms with van der Waals surface area (Å²) in [7, 11) is 3.41. The first-order valence-corrected chi connectivity index (χ1v) is 18.4. The summed E-state index contributed by atoms with van der Waals surface area (Å²) in [5, 5.41) is 1.53. The van der Waals surface area contributed by atoms with Gasteiger partial charge in [0, 0.05) is 10.9 Å². The number of rotatable bonds is 12. The Labute approximate surface area is 254 Å². The Kier molecular flexibility index (Phi) is 12.1. The summed E-state index contributed by atoms with van der Waals surface area (Å²) in [5.74, 6) is 3.99. The van der Waals surface area contributed by atoms with E-state index in [0.29, 0.717) is 17.8 Å². The van der Waals surface area contributed by atoms with Gasteiger partial charge >= 0.3 is 0 Å². The molecule has 41 heavy (non-hydrogen) atoms. The topological polar surface area (TPSA) is 18.5 Å². The van der Waals surface area contributed by atoms with Gasteiger partial charge < -0.3 is 9.47 Å². The SMILES string of the molecule is COc1ccc(OC)c(P(C2CCCCC2)C2CCCCC2)c1-c1c(CC(C)C)cc(CC(C)C)cc1CC(C)C. The molecule has 4 rings (SSSR count). The first-order chi connectivity index (χ1) is 19.7. The van der Waals surface area contributed by atoms with Gasteiger partial charge in [-0.2, -0.15) is 0 Å². The normalized spacial score (nSPS) is 17.3. The van der Waals surface area contributed by atoms with Crippen molar-refractivity contribution in [3.05, 3.63) is 41.0 Å². The van der Waals surface area contributed by atoms with Gasteiger partial charge in [0.15, 0.2) is 0 Å². The fourth-order valence-corrected chi connectivity index (χ4v) is 11.8. The first kappa shape index (κ1) is 32.4. The smallest absolute Gasteiger partial charge is 0.127 e. The molecule has 2 fully saturated rings. The van der Waals surface area contributed by atoms with Gasteiger partial charge in [0.2, 0.25) is 0 Å². The predicted molar refractivity (Wildman–Crippen MR) is 181 cm³/mol. The van der Waals surface area contributed by atoms with Crippen LogP contribution in [0.25, 0.3) is 11.1 Å². The lowest BCUT2D eigenvalue weighted by Crippen LogP contribution is -2.28. The van der Waals surface area contributed by atoms with Gasteiger partial charge in [-0.15, -0.1) is 0 Å². The van der Waals surface area contributed by atoms with E-state index in [1.54, 1.807) is 0 Å². The Morgan fingerprint density at radius 3 is 1.46 bits per heavy atom. The number of ether oxygens (including phenoxy) is 2. The van der Waals surface area contributed by atoms with Crippen molar-refractivity contribution in [1.82, 2.24) is 0 Å². The van der Waals surface area contributed by atoms with Crippen LogP contribution in [0.15, 0.2) is 24.3 Å². The minimum Gasteiger partial charge on any atom is -0.496 e. The van der Waals surface area contributed by atoms with Gasteiger partial charge in [-0.25, -0.2) is 0 Å². The molecule has 2 aliphatic rings. The van der Waals surface area contributed by atoms with Crippen molar-refractivity contribution in [3.8, 4) is 22.6 Å². The van der Waals surface area contributed by atoms with Crippen LogP contribution in [0.3, 0.4) is 0 Å². The largest absolute Gasteiger partial charge is 0.496 e. The minimum absolute atomic E-state index is 0.377. The summed E-state index contributed by atoms with van der Waals surface area (Å²) in [6.45, 7) is 14.2. The lowest BCUT2D eigenvalue weighted by molar-refractivity contribution is 0.406. The maximum atomic E-state index is 6.35. The average molecular weight is 579 g/mol. The van der Waals surface area contributed by atoms with Crippen LogP contribution >= 0.6 is 7.92 Å². The molecular weight excluding hydrogens is 519 g/mol. The zero-order valence-corrected chi connectivity index (χ0v) is 28.5. The summed E-state index contributed by atoms with van der Waals surface area (Å²) < 4.78 is 12.7. The molecule has 2 aliphatic carbocycles. The molecular formula is C38H59O2P. The molecule has 228 valence electrons. The monoisotopic (exact) mass is 578 g/mol. The highest BCUT2D eigenvalue weighted by Crippen LogP contribution is 2.59. The second-order valence-corrected chi connectivity index (χ2v) is 17.0. The molecule has 0 bridgehead atoms. The predicted octanol–water partition coefficient (Wildman–Crippen LogP) is 10.7. The van der Waals surface area contributed by atoms with Gasteiger partial charge in [-0.05, 0) is 108 Å². The van der Waals surface area contributed by atoms with Crippen LogP contribution in [-0.2, 0) is 19.3 Å². The van der Waals surface area contributed by atoms with Crippen molar-refractivity contribution in [2.75, 3.05) is 14.2 Å². The fraction of sp³-hybridized carbons (Fsp3) is 0.684. The maximum Gasteiger partial charge on any atom is 0.127 e. The molecule has 0 aliphatic heterocycles. The molecule has 0 aromatic heterocycles. The van der Waals surface area contributed by atoms with Gasteiger partial charge in [0.1, 0.15) is 11.5 Å². The molecule has 0 amide bonds. The quantitative estimate of drug-likeness (QED) is 0.233. The third-order valence-electron chi connectivity index (χ3n) is 9.25. The van der Waals surface area contributed by atoms with E-state index in [0.717, 1.165) is 42.1 Å². The number of hydrogen-bond acceptors (Lipinski definition) is 2. The van der Waals surface area contributed by atoms with Crippen molar-refractivity contribution in [2.45, 2.75) is 136 Å². The third kappa shape index (κ3) is 8.10. The third-order valence-corrected chi connectivity index (χ3v) is 12.8. The highest BCUT2D eigenvalue weighted by Gasteiger charge is 2.37. The minimum atomic E-state index is -0.377. The molecule has 0 spiro atoms. The van der Waals surface area contributed by atoms with E-state index in [-0.39, 0.29) is 7.92 Å². The van der Waals surface area contributed by atoms with E-state index in [2.05, 4.69) is 65.8 Å². The van der Waals surface area contributed by atoms with Crippen molar-refractivity contribution < 1.29 is 9.47 Å². The molecule has 2 aromatic rings. The first-order valence-electron chi connectivity index (χ1n) is 16.9. The summed E-state index contributed by atoms with van der Waals surface area (Å²) in [6, 6.07) is 9.56. The summed E-state index contributed by atoms with van der Waals surface area (Å²) in [5.41, 5.74) is 8.99. The van der Waals surface area contributed by atoms with Crippen LogP contribution in [0.5, 0.6) is 11.5 Å². The Bertz CT molecular complexity index is 1060. The lowest BCUT2D eigenvalue weighted by atomic mass is 9.83. The molecule has 0 N–H and O–H groups in total. The summed E-state index contributed by atoms with van der Waals surface area (Å²) in [6.07, 6.45) is 17.2. The number of benzene rings is 2. The maximum absolute atomic E-state index is 6.35. The summed E-state index contributed by atoms with van der Waals surface area (Å²) >= 11 is 0. The van der Waals surface area contributed by atoms with E-state index in [4.69, 9.17) is 9.47 Å². The van der Waals surface area contributed by atoms with Gasteiger partial charge in [-0.1, -0.05) is 100 Å². The zero-order valence-electron chi connectivity index (χ0n) is 27.7. The second kappa shape index (κ2) is 15.3. The molecule has 0 atom stereocenters. The van der Waals surface area contributed by atoms with Crippen molar-refractivity contribution >= 4 is 13.2 Å². The molecule has 0 saturated heterocycles. The van der Waals surface area contributed by atoms with Gasteiger partial charge in [-0.3, -0.25) is 0 Å². The van der Waals surface area contributed by atoms with Gasteiger partial charge in [0.05, 0.1) is 14.2 Å². The summed E-state index contributed by atoms with van der Waals surface area (Å²) in [4.78, 5) is 0. The average Bonchev–Trinajstić information content (AvgIpc) is 2.93. The van der Waals surface area contributed by atoms with E-state index >= 15 is 0 Å². The number of methoxy groups -OCH3 is 2. The Morgan fingerprint density at radius 2 is 1.05 bits per heavy atom. The highest BCUT2D eigenvalue weighted by molar-refractivity contribution is 7.67. The molecule has 3 heteroatoms. The molecule has 0 heterocycles. The van der Waals surface area contributed by atoms with Crippen LogP contribution in [0, 0.1) is 17.8 Å². The van der Waals surface area contributed by atoms with E-state index in [1.165, 1.54) is 97.3 Å². The number of hydrogen-bond donors (Lipinski definition) is 0. The standard InChI is InChI=1S/C38H59O2P/c1-26(2)21-29-24-30(22-27(3)4)36(31(25-29)23-28(5)6)37-34(39-7)19-20-35(40-8)38(37)41(32-15-11-9-12-16-32)33-17-13-10-14-18-33/h19-20,24-28,32-33H,9-18,21-23H2,1-8H3. The molecule has 2 aromatic carbocycles. The van der Waals surface area contributed by atoms with Crippen LogP contribution in [0.1, 0.15) is 122 Å². The highest BCUT2D eigenvalue weighted by atomic mass is 31.1. The van der Waals surface area contributed by atoms with Crippen LogP contribution < -0.4 is 14.8 Å². The Hall–Kier alpha value is -1.53. The Morgan fingerprint density at radius 1 is 0.610 bits per heavy atom. The fourth-order valence-electron chi connectivity index (χ4n) is 7.72. The van der Waals surface area contributed by atoms with Gasteiger partial charge in [0.25, 0.3) is 0 Å². The lowest BCUT2D eigenvalue weighted by Gasteiger charge is -2.40. The van der Waals surface area contributed by atoms with E-state index in [9.17, 15) is 0 Å². The molecule has 0 radical (unpaired) electrons. The van der Waals surface area contributed by atoms with Crippen molar-refractivity contribution in [3.63, 3.8) is 0 Å². The Balaban J connectivity index is 2.06. The molecule has 0 unspecified atom stereocenters. The van der Waals surface area contributed by atoms with E-state index in [1.807, 2.05) is 14.2 Å². The van der Waals surface area contributed by atoms with Crippen LogP contribution in [-0.4, -0.2) is 25.5 Å². The van der Waals surface area contributed by atoms with Crippen molar-refractivity contribution in [2.24, 2.45) is 17.8 Å². The zero-order chi connectivity index (χ0) is 29.5. The molecule has 2 saturated carbocycles. The van der Waals surface area contributed by atoms with E-state index < -0.39 is 0 Å². The second-order valence-electron chi connectivity index (χ2n) is 14.3. The van der Waals surface area contributed by atoms with Crippen molar-refractivity contribution in [1.29, 1.82) is 0 Å². The molecule has 2 nitrogen and oxygen atoms in total.